The maximum atomic E-state index is 12.7. The molecule has 2 heterocycles. The summed E-state index contributed by atoms with van der Waals surface area (Å²) < 4.78 is 12.2. The molecule has 0 fully saturated rings. The van der Waals surface area contributed by atoms with Gasteiger partial charge in [0.15, 0.2) is 18.2 Å². The fourth-order valence-electron chi connectivity index (χ4n) is 2.95. The molecule has 0 aliphatic carbocycles. The lowest BCUT2D eigenvalue weighted by Crippen LogP contribution is -2.12. The van der Waals surface area contributed by atoms with Gasteiger partial charge < -0.3 is 20.5 Å². The van der Waals surface area contributed by atoms with Crippen LogP contribution >= 0.6 is 0 Å². The second-order valence-corrected chi connectivity index (χ2v) is 6.78. The highest BCUT2D eigenvalue weighted by atomic mass is 16.5. The number of nitrogens with one attached hydrogen (secondary N) is 1. The minimum atomic E-state index is -0.677. The van der Waals surface area contributed by atoms with Crippen LogP contribution in [0.15, 0.2) is 60.8 Å². The predicted octanol–water partition coefficient (Wildman–Crippen LogP) is 3.06. The summed E-state index contributed by atoms with van der Waals surface area (Å²) in [6.07, 6.45) is 1.61. The van der Waals surface area contributed by atoms with E-state index in [1.165, 1.54) is 7.11 Å². The Morgan fingerprint density at radius 1 is 1.06 bits per heavy atom. The number of aromatic nitrogens is 5. The Labute approximate surface area is 184 Å². The van der Waals surface area contributed by atoms with Crippen LogP contribution in [0, 0.1) is 6.92 Å². The lowest BCUT2D eigenvalue weighted by Gasteiger charge is -2.09. The van der Waals surface area contributed by atoms with Crippen molar-refractivity contribution in [3.63, 3.8) is 0 Å². The summed E-state index contributed by atoms with van der Waals surface area (Å²) in [6.45, 7) is 1.74. The minimum absolute atomic E-state index is 0.00747. The normalized spacial score (nSPS) is 10.6. The minimum Gasteiger partial charge on any atom is -0.493 e. The van der Waals surface area contributed by atoms with E-state index >= 15 is 0 Å². The van der Waals surface area contributed by atoms with E-state index < -0.39 is 5.97 Å². The van der Waals surface area contributed by atoms with E-state index in [1.54, 1.807) is 10.9 Å². The number of hydrogen-bond acceptors (Lipinski definition) is 9. The van der Waals surface area contributed by atoms with Crippen molar-refractivity contribution in [2.45, 2.75) is 13.5 Å². The molecule has 0 radical (unpaired) electrons. The molecule has 0 saturated carbocycles. The van der Waals surface area contributed by atoms with Crippen molar-refractivity contribution in [2.75, 3.05) is 18.2 Å². The molecule has 3 N–H and O–H groups in total. The monoisotopic (exact) mass is 431 g/mol. The fourth-order valence-corrected chi connectivity index (χ4v) is 2.95. The van der Waals surface area contributed by atoms with E-state index in [0.717, 1.165) is 16.9 Å². The maximum Gasteiger partial charge on any atom is 0.363 e. The number of carbonyl (C=O) groups is 1. The van der Waals surface area contributed by atoms with Crippen molar-refractivity contribution >= 4 is 23.6 Å². The van der Waals surface area contributed by atoms with Gasteiger partial charge in [-0.05, 0) is 30.7 Å². The van der Waals surface area contributed by atoms with Gasteiger partial charge in [-0.25, -0.2) is 9.48 Å². The highest BCUT2D eigenvalue weighted by Gasteiger charge is 2.20. The van der Waals surface area contributed by atoms with Gasteiger partial charge in [-0.3, -0.25) is 0 Å². The molecule has 162 valence electrons. The van der Waals surface area contributed by atoms with Crippen LogP contribution in [0.2, 0.25) is 0 Å². The Balaban J connectivity index is 1.49. The number of carbonyl (C=O) groups excluding carboxylic acids is 1. The molecule has 10 heteroatoms. The second-order valence-electron chi connectivity index (χ2n) is 6.78. The molecule has 4 rings (SSSR count). The molecule has 2 aromatic heterocycles. The maximum absolute atomic E-state index is 12.7. The van der Waals surface area contributed by atoms with Crippen LogP contribution < -0.4 is 15.8 Å². The molecule has 0 aliphatic heterocycles. The van der Waals surface area contributed by atoms with Crippen molar-refractivity contribution < 1.29 is 14.3 Å². The number of benzene rings is 2. The standard InChI is InChI=1S/C22H21N7O3/c1-14-8-6-7-11-16(14)24-22-26-18(25-21(23)27-22)13-32-20(30)19-17(31-2)12-29(28-19)15-9-4-3-5-10-15/h3-12H,13H2,1-2H3,(H3,23,24,25,26,27). The summed E-state index contributed by atoms with van der Waals surface area (Å²) in [5.41, 5.74) is 8.47. The number of para-hydroxylation sites is 2. The molecule has 0 atom stereocenters. The molecule has 0 bridgehead atoms. The van der Waals surface area contributed by atoms with E-state index in [0.29, 0.717) is 0 Å². The van der Waals surface area contributed by atoms with Gasteiger partial charge >= 0.3 is 5.97 Å². The first-order chi connectivity index (χ1) is 15.5. The van der Waals surface area contributed by atoms with Crippen LogP contribution in [0.4, 0.5) is 17.6 Å². The van der Waals surface area contributed by atoms with E-state index in [9.17, 15) is 4.79 Å². The zero-order valence-electron chi connectivity index (χ0n) is 17.5. The lowest BCUT2D eigenvalue weighted by atomic mass is 10.2. The van der Waals surface area contributed by atoms with Gasteiger partial charge in [0.25, 0.3) is 0 Å². The molecule has 0 spiro atoms. The number of esters is 1. The third-order valence-electron chi connectivity index (χ3n) is 4.54. The van der Waals surface area contributed by atoms with Gasteiger partial charge in [0, 0.05) is 5.69 Å². The van der Waals surface area contributed by atoms with Crippen molar-refractivity contribution in [2.24, 2.45) is 0 Å². The average molecular weight is 431 g/mol. The largest absolute Gasteiger partial charge is 0.493 e. The van der Waals surface area contributed by atoms with Crippen LogP contribution in [-0.4, -0.2) is 37.8 Å². The molecule has 32 heavy (non-hydrogen) atoms. The molecule has 0 amide bonds. The fraction of sp³-hybridized carbons (Fsp3) is 0.136. The molecule has 10 nitrogen and oxygen atoms in total. The summed E-state index contributed by atoms with van der Waals surface area (Å²) >= 11 is 0. The highest BCUT2D eigenvalue weighted by Crippen LogP contribution is 2.21. The van der Waals surface area contributed by atoms with Crippen molar-refractivity contribution in [1.82, 2.24) is 24.7 Å². The zero-order chi connectivity index (χ0) is 22.5. The van der Waals surface area contributed by atoms with Crippen molar-refractivity contribution in [1.29, 1.82) is 0 Å². The van der Waals surface area contributed by atoms with Gasteiger partial charge in [-0.2, -0.15) is 20.1 Å². The molecule has 0 aliphatic rings. The summed E-state index contributed by atoms with van der Waals surface area (Å²) in [5, 5.41) is 7.39. The molecule has 2 aromatic carbocycles. The summed E-state index contributed by atoms with van der Waals surface area (Å²) in [5.74, 6) is 0.0695. The number of nitrogen functional groups attached to an aromatic ring is 1. The zero-order valence-corrected chi connectivity index (χ0v) is 17.5. The van der Waals surface area contributed by atoms with Crippen molar-refractivity contribution in [3.8, 4) is 11.4 Å². The van der Waals surface area contributed by atoms with Gasteiger partial charge in [-0.15, -0.1) is 0 Å². The van der Waals surface area contributed by atoms with Crippen molar-refractivity contribution in [3.05, 3.63) is 77.9 Å². The average Bonchev–Trinajstić information content (AvgIpc) is 3.24. The Kier molecular flexibility index (Phi) is 5.93. The Hall–Kier alpha value is -4.47. The van der Waals surface area contributed by atoms with Crippen LogP contribution in [0.25, 0.3) is 5.69 Å². The molecule has 0 unspecified atom stereocenters. The number of methoxy groups -OCH3 is 1. The first kappa shape index (κ1) is 20.8. The SMILES string of the molecule is COc1cn(-c2ccccc2)nc1C(=O)OCc1nc(N)nc(Nc2ccccc2C)n1. The van der Waals surface area contributed by atoms with Gasteiger partial charge in [0.2, 0.25) is 17.6 Å². The van der Waals surface area contributed by atoms with Gasteiger partial charge in [0.05, 0.1) is 19.0 Å². The van der Waals surface area contributed by atoms with E-state index in [1.807, 2.05) is 61.5 Å². The number of aryl methyl sites for hydroxylation is 1. The van der Waals surface area contributed by atoms with Crippen LogP contribution in [0.1, 0.15) is 21.9 Å². The Morgan fingerprint density at radius 3 is 2.56 bits per heavy atom. The number of hydrogen-bond donors (Lipinski definition) is 2. The quantitative estimate of drug-likeness (QED) is 0.424. The second kappa shape index (κ2) is 9.13. The number of nitrogens with two attached hydrogens (primary N) is 1. The van der Waals surface area contributed by atoms with E-state index in [2.05, 4.69) is 25.4 Å². The summed E-state index contributed by atoms with van der Waals surface area (Å²) in [7, 11) is 1.46. The molecule has 4 aromatic rings. The van der Waals surface area contributed by atoms with Gasteiger partial charge in [-0.1, -0.05) is 36.4 Å². The topological polar surface area (TPSA) is 130 Å². The van der Waals surface area contributed by atoms with E-state index in [-0.39, 0.29) is 35.8 Å². The third kappa shape index (κ3) is 4.64. The predicted molar refractivity (Wildman–Crippen MR) is 118 cm³/mol. The molecular formula is C22H21N7O3. The van der Waals surface area contributed by atoms with Crippen LogP contribution in [-0.2, 0) is 11.3 Å². The smallest absolute Gasteiger partial charge is 0.363 e. The third-order valence-corrected chi connectivity index (χ3v) is 4.54. The van der Waals surface area contributed by atoms with Crippen LogP contribution in [0.5, 0.6) is 5.75 Å². The van der Waals surface area contributed by atoms with Gasteiger partial charge in [0.1, 0.15) is 0 Å². The highest BCUT2D eigenvalue weighted by molar-refractivity contribution is 5.90. The first-order valence-corrected chi connectivity index (χ1v) is 9.73. The van der Waals surface area contributed by atoms with Crippen LogP contribution in [0.3, 0.4) is 0 Å². The summed E-state index contributed by atoms with van der Waals surface area (Å²) in [6, 6.07) is 17.0. The number of rotatable bonds is 7. The number of nitrogens with zero attached hydrogens (tertiary/aromatic N) is 5. The molecular weight excluding hydrogens is 410 g/mol. The van der Waals surface area contributed by atoms with E-state index in [4.69, 9.17) is 15.2 Å². The Morgan fingerprint density at radius 2 is 1.81 bits per heavy atom. The Bertz CT molecular complexity index is 1240. The molecule has 0 saturated heterocycles. The number of ether oxygens (including phenoxy) is 2. The number of anilines is 3. The lowest BCUT2D eigenvalue weighted by molar-refractivity contribution is 0.0451. The first-order valence-electron chi connectivity index (χ1n) is 9.73. The summed E-state index contributed by atoms with van der Waals surface area (Å²) in [4.78, 5) is 25.1.